The molecule has 1 saturated heterocycles. The van der Waals surface area contributed by atoms with Crippen LogP contribution in [-0.2, 0) is 42.9 Å². The quantitative estimate of drug-likeness (QED) is 0.185. The third-order valence-electron chi connectivity index (χ3n) is 5.57. The molecule has 0 unspecified atom stereocenters. The van der Waals surface area contributed by atoms with Crippen molar-refractivity contribution in [1.82, 2.24) is 0 Å². The second kappa shape index (κ2) is 14.0. The molecule has 11 nitrogen and oxygen atoms in total. The summed E-state index contributed by atoms with van der Waals surface area (Å²) >= 11 is 0. The van der Waals surface area contributed by atoms with Gasteiger partial charge in [0, 0.05) is 33.3 Å². The number of carbonyl (C=O) groups is 5. The lowest BCUT2D eigenvalue weighted by molar-refractivity contribution is -0.288. The van der Waals surface area contributed by atoms with Crippen LogP contribution in [0.15, 0.2) is 60.7 Å². The zero-order valence-corrected chi connectivity index (χ0v) is 22.4. The number of ether oxygens (including phenoxy) is 6. The van der Waals surface area contributed by atoms with Crippen molar-refractivity contribution in [3.8, 4) is 5.75 Å². The monoisotopic (exact) mass is 554 g/mol. The van der Waals surface area contributed by atoms with Crippen molar-refractivity contribution in [1.29, 1.82) is 0 Å². The van der Waals surface area contributed by atoms with E-state index in [-0.39, 0.29) is 18.1 Å². The summed E-state index contributed by atoms with van der Waals surface area (Å²) in [6, 6.07) is 15.5. The molecule has 1 aliphatic heterocycles. The van der Waals surface area contributed by atoms with Crippen molar-refractivity contribution in [3.05, 3.63) is 71.8 Å². The van der Waals surface area contributed by atoms with Crippen LogP contribution in [0.5, 0.6) is 5.75 Å². The van der Waals surface area contributed by atoms with Crippen molar-refractivity contribution in [2.75, 3.05) is 6.61 Å². The van der Waals surface area contributed by atoms with Crippen molar-refractivity contribution >= 4 is 35.7 Å². The lowest BCUT2D eigenvalue weighted by atomic mass is 9.98. The van der Waals surface area contributed by atoms with Gasteiger partial charge in [0.2, 0.25) is 12.4 Å². The largest absolute Gasteiger partial charge is 0.463 e. The first-order chi connectivity index (χ1) is 19.0. The van der Waals surface area contributed by atoms with Gasteiger partial charge in [-0.15, -0.1) is 0 Å². The first-order valence-electron chi connectivity index (χ1n) is 12.4. The molecule has 1 heterocycles. The van der Waals surface area contributed by atoms with Gasteiger partial charge in [-0.25, -0.2) is 0 Å². The third-order valence-corrected chi connectivity index (χ3v) is 5.57. The van der Waals surface area contributed by atoms with Crippen LogP contribution in [0.3, 0.4) is 0 Å². The van der Waals surface area contributed by atoms with E-state index in [2.05, 4.69) is 0 Å². The zero-order chi connectivity index (χ0) is 29.2. The smallest absolute Gasteiger partial charge is 0.303 e. The van der Waals surface area contributed by atoms with Crippen molar-refractivity contribution in [2.24, 2.45) is 0 Å². The van der Waals surface area contributed by atoms with E-state index in [1.165, 1.54) is 37.3 Å². The fourth-order valence-corrected chi connectivity index (χ4v) is 3.95. The van der Waals surface area contributed by atoms with Crippen molar-refractivity contribution < 1.29 is 52.4 Å². The van der Waals surface area contributed by atoms with Crippen LogP contribution >= 0.6 is 0 Å². The first kappa shape index (κ1) is 30.0. The molecule has 2 aromatic carbocycles. The Morgan fingerprint density at radius 3 is 1.88 bits per heavy atom. The highest BCUT2D eigenvalue weighted by molar-refractivity contribution is 6.06. The maximum absolute atomic E-state index is 12.6. The third kappa shape index (κ3) is 8.77. The second-order valence-corrected chi connectivity index (χ2v) is 8.82. The van der Waals surface area contributed by atoms with Crippen LogP contribution in [0, 0.1) is 0 Å². The SMILES string of the molecule is CC(=O)OC[C@@H]1O[C@@H](Oc2ccc(C(=O)C=Cc3ccccc3)cc2)[C@H](OC(C)=O)[C@@H](OC(C)=O)[C@@H]1OC(C)=O. The summed E-state index contributed by atoms with van der Waals surface area (Å²) in [5.74, 6) is -2.87. The first-order valence-corrected chi connectivity index (χ1v) is 12.4. The Labute approximate surface area is 230 Å². The van der Waals surface area contributed by atoms with Crippen molar-refractivity contribution in [3.63, 3.8) is 0 Å². The summed E-state index contributed by atoms with van der Waals surface area (Å²) < 4.78 is 33.0. The molecule has 212 valence electrons. The summed E-state index contributed by atoms with van der Waals surface area (Å²) in [5, 5.41) is 0. The number of hydrogen-bond donors (Lipinski definition) is 0. The summed E-state index contributed by atoms with van der Waals surface area (Å²) in [4.78, 5) is 59.8. The Bertz CT molecular complexity index is 1240. The zero-order valence-electron chi connectivity index (χ0n) is 22.4. The van der Waals surface area contributed by atoms with Crippen LogP contribution in [0.2, 0.25) is 0 Å². The lowest BCUT2D eigenvalue weighted by Crippen LogP contribution is -2.63. The van der Waals surface area contributed by atoms with Crippen LogP contribution in [-0.4, -0.2) is 67.0 Å². The number of benzene rings is 2. The second-order valence-electron chi connectivity index (χ2n) is 8.82. The average Bonchev–Trinajstić information content (AvgIpc) is 2.89. The van der Waals surface area contributed by atoms with Crippen molar-refractivity contribution in [2.45, 2.75) is 58.4 Å². The van der Waals surface area contributed by atoms with E-state index in [4.69, 9.17) is 28.4 Å². The molecule has 0 aromatic heterocycles. The average molecular weight is 555 g/mol. The highest BCUT2D eigenvalue weighted by Gasteiger charge is 2.53. The van der Waals surface area contributed by atoms with Gasteiger partial charge in [-0.05, 0) is 35.9 Å². The summed E-state index contributed by atoms with van der Waals surface area (Å²) in [6.07, 6.45) is -3.38. The molecule has 1 aliphatic rings. The molecule has 0 spiro atoms. The molecule has 5 atom stereocenters. The Hall–Kier alpha value is -4.51. The predicted octanol–water partition coefficient (Wildman–Crippen LogP) is 3.04. The molecule has 2 aromatic rings. The number of carbonyl (C=O) groups excluding carboxylic acids is 5. The van der Waals surface area contributed by atoms with Gasteiger partial charge in [-0.2, -0.15) is 0 Å². The molecular weight excluding hydrogens is 524 g/mol. The molecule has 0 radical (unpaired) electrons. The van der Waals surface area contributed by atoms with Gasteiger partial charge < -0.3 is 28.4 Å². The van der Waals surface area contributed by atoms with Gasteiger partial charge in [0.15, 0.2) is 18.0 Å². The number of rotatable bonds is 10. The topological polar surface area (TPSA) is 141 Å². The molecular formula is C29H30O11. The lowest BCUT2D eigenvalue weighted by Gasteiger charge is -2.43. The predicted molar refractivity (Wildman–Crippen MR) is 139 cm³/mol. The minimum atomic E-state index is -1.37. The Kier molecular flexibility index (Phi) is 10.5. The molecule has 0 saturated carbocycles. The van der Waals surface area contributed by atoms with E-state index in [1.807, 2.05) is 30.3 Å². The van der Waals surface area contributed by atoms with Crippen LogP contribution < -0.4 is 4.74 Å². The highest BCUT2D eigenvalue weighted by atomic mass is 16.7. The van der Waals surface area contributed by atoms with E-state index >= 15 is 0 Å². The van der Waals surface area contributed by atoms with Gasteiger partial charge in [0.25, 0.3) is 0 Å². The molecule has 40 heavy (non-hydrogen) atoms. The molecule has 3 rings (SSSR count). The number of allylic oxidation sites excluding steroid dienone is 1. The fraction of sp³-hybridized carbons (Fsp3) is 0.345. The molecule has 0 bridgehead atoms. The van der Waals surface area contributed by atoms with Gasteiger partial charge in [0.05, 0.1) is 0 Å². The Morgan fingerprint density at radius 1 is 0.725 bits per heavy atom. The van der Waals surface area contributed by atoms with Gasteiger partial charge in [-0.1, -0.05) is 36.4 Å². The van der Waals surface area contributed by atoms with Crippen LogP contribution in [0.1, 0.15) is 43.6 Å². The fourth-order valence-electron chi connectivity index (χ4n) is 3.95. The van der Waals surface area contributed by atoms with E-state index < -0.39 is 54.6 Å². The summed E-state index contributed by atoms with van der Waals surface area (Å²) in [6.45, 7) is 4.20. The van der Waals surface area contributed by atoms with Crippen LogP contribution in [0.4, 0.5) is 0 Å². The summed E-state index contributed by atoms with van der Waals surface area (Å²) in [7, 11) is 0. The Balaban J connectivity index is 1.86. The minimum absolute atomic E-state index is 0.226. The standard InChI is InChI=1S/C29H30O11/c1-17(30)35-16-25-26(36-18(2)31)27(37-19(3)32)28(38-20(4)33)29(40-25)39-23-13-11-22(12-14-23)24(34)15-10-21-8-6-5-7-9-21/h5-15,25-29H,16H2,1-4H3/t25-,26+,27-,28+,29+/m0/s1. The molecule has 0 aliphatic carbocycles. The van der Waals surface area contributed by atoms with Gasteiger partial charge in [-0.3, -0.25) is 24.0 Å². The van der Waals surface area contributed by atoms with E-state index in [0.29, 0.717) is 5.56 Å². The van der Waals surface area contributed by atoms with E-state index in [9.17, 15) is 24.0 Å². The molecule has 0 N–H and O–H groups in total. The number of ketones is 1. The van der Waals surface area contributed by atoms with E-state index in [0.717, 1.165) is 26.3 Å². The molecule has 1 fully saturated rings. The number of esters is 4. The molecule has 0 amide bonds. The van der Waals surface area contributed by atoms with Gasteiger partial charge >= 0.3 is 23.9 Å². The maximum Gasteiger partial charge on any atom is 0.303 e. The maximum atomic E-state index is 12.6. The Morgan fingerprint density at radius 2 is 1.30 bits per heavy atom. The van der Waals surface area contributed by atoms with Gasteiger partial charge in [0.1, 0.15) is 18.5 Å². The van der Waals surface area contributed by atoms with E-state index in [1.54, 1.807) is 6.08 Å². The highest BCUT2D eigenvalue weighted by Crippen LogP contribution is 2.31. The van der Waals surface area contributed by atoms with Crippen LogP contribution in [0.25, 0.3) is 6.08 Å². The summed E-state index contributed by atoms with van der Waals surface area (Å²) in [5.41, 5.74) is 1.26. The minimum Gasteiger partial charge on any atom is -0.463 e. The molecule has 11 heteroatoms. The number of hydrogen-bond acceptors (Lipinski definition) is 11. The normalized spacial score (nSPS) is 22.1.